The minimum absolute atomic E-state index is 0.102. The van der Waals surface area contributed by atoms with Crippen molar-refractivity contribution in [2.45, 2.75) is 24.5 Å². The van der Waals surface area contributed by atoms with Crippen LogP contribution in [0.25, 0.3) is 28.3 Å². The van der Waals surface area contributed by atoms with Crippen LogP contribution in [-0.2, 0) is 9.53 Å². The first-order valence-electron chi connectivity index (χ1n) is 10.8. The minimum atomic E-state index is -0.957. The first kappa shape index (κ1) is 20.5. The van der Waals surface area contributed by atoms with Gasteiger partial charge in [-0.15, -0.1) is 5.10 Å². The van der Waals surface area contributed by atoms with Crippen LogP contribution in [0.1, 0.15) is 24.4 Å². The molecule has 11 heteroatoms. The summed E-state index contributed by atoms with van der Waals surface area (Å²) in [6, 6.07) is 12.1. The second-order valence-electron chi connectivity index (χ2n) is 8.44. The molecule has 4 aromatic heterocycles. The van der Waals surface area contributed by atoms with E-state index in [-0.39, 0.29) is 31.4 Å². The molecule has 1 aliphatic rings. The van der Waals surface area contributed by atoms with E-state index >= 15 is 0 Å². The van der Waals surface area contributed by atoms with Gasteiger partial charge in [0.15, 0.2) is 22.8 Å². The Kier molecular flexibility index (Phi) is 4.67. The Morgan fingerprint density at radius 1 is 1.15 bits per heavy atom. The summed E-state index contributed by atoms with van der Waals surface area (Å²) in [6.45, 7) is 0.476. The van der Waals surface area contributed by atoms with Crippen molar-refractivity contribution < 1.29 is 19.1 Å². The molecule has 1 saturated heterocycles. The van der Waals surface area contributed by atoms with Crippen molar-refractivity contribution in [2.24, 2.45) is 0 Å². The Bertz CT molecular complexity index is 1490. The Hall–Kier alpha value is -4.09. The lowest BCUT2D eigenvalue weighted by Crippen LogP contribution is -2.49. The van der Waals surface area contributed by atoms with E-state index in [0.717, 1.165) is 5.56 Å². The maximum absolute atomic E-state index is 13.5. The molecule has 0 unspecified atom stereocenters. The van der Waals surface area contributed by atoms with E-state index in [9.17, 15) is 9.90 Å². The van der Waals surface area contributed by atoms with Crippen LogP contribution in [0.3, 0.4) is 0 Å². The number of ether oxygens (including phenoxy) is 1. The van der Waals surface area contributed by atoms with Gasteiger partial charge in [0.05, 0.1) is 31.1 Å². The lowest BCUT2D eigenvalue weighted by atomic mass is 9.91. The summed E-state index contributed by atoms with van der Waals surface area (Å²) in [7, 11) is 0. The number of aromatic nitrogens is 6. The second-order valence-corrected chi connectivity index (χ2v) is 8.44. The van der Waals surface area contributed by atoms with Crippen molar-refractivity contribution >= 4 is 28.4 Å². The maximum Gasteiger partial charge on any atom is 0.225 e. The molecule has 5 aromatic rings. The Balaban J connectivity index is 1.45. The molecule has 1 fully saturated rings. The first-order chi connectivity index (χ1) is 16.5. The highest BCUT2D eigenvalue weighted by Crippen LogP contribution is 2.30. The van der Waals surface area contributed by atoms with Crippen LogP contribution in [0.2, 0.25) is 0 Å². The lowest BCUT2D eigenvalue weighted by molar-refractivity contribution is -0.182. The van der Waals surface area contributed by atoms with E-state index in [0.29, 0.717) is 34.7 Å². The molecule has 0 saturated carbocycles. The number of benzene rings is 1. The van der Waals surface area contributed by atoms with Gasteiger partial charge in [0.1, 0.15) is 11.6 Å². The summed E-state index contributed by atoms with van der Waals surface area (Å²) in [6.07, 6.45) is 3.61. The zero-order valence-corrected chi connectivity index (χ0v) is 18.0. The van der Waals surface area contributed by atoms with E-state index in [4.69, 9.17) is 14.9 Å². The Morgan fingerprint density at radius 2 is 1.97 bits per heavy atom. The topological polar surface area (TPSA) is 147 Å². The van der Waals surface area contributed by atoms with Crippen LogP contribution in [0.5, 0.6) is 0 Å². The number of nitrogens with zero attached hydrogens (tertiary/aromatic N) is 6. The molecule has 0 amide bonds. The fraction of sp³-hybridized carbons (Fsp3) is 0.261. The number of nitrogen functional groups attached to an aromatic ring is 1. The van der Waals surface area contributed by atoms with Gasteiger partial charge in [-0.2, -0.15) is 14.6 Å². The summed E-state index contributed by atoms with van der Waals surface area (Å²) < 4.78 is 13.5. The smallest absolute Gasteiger partial charge is 0.225 e. The maximum atomic E-state index is 13.5. The van der Waals surface area contributed by atoms with Gasteiger partial charge in [-0.1, -0.05) is 30.3 Å². The van der Waals surface area contributed by atoms with Gasteiger partial charge in [-0.05, 0) is 24.1 Å². The Labute approximate surface area is 192 Å². The zero-order valence-electron chi connectivity index (χ0n) is 18.0. The summed E-state index contributed by atoms with van der Waals surface area (Å²) in [4.78, 5) is 22.5. The molecule has 1 aromatic carbocycles. The van der Waals surface area contributed by atoms with Gasteiger partial charge >= 0.3 is 0 Å². The number of fused-ring (bicyclic) bond motifs is 3. The summed E-state index contributed by atoms with van der Waals surface area (Å²) in [5, 5.41) is 19.9. The van der Waals surface area contributed by atoms with E-state index in [2.05, 4.69) is 20.2 Å². The predicted molar refractivity (Wildman–Crippen MR) is 121 cm³/mol. The van der Waals surface area contributed by atoms with Crippen molar-refractivity contribution in [1.29, 1.82) is 0 Å². The molecule has 0 spiro atoms. The first-order valence-corrected chi connectivity index (χ1v) is 10.8. The normalized spacial score (nSPS) is 16.0. The number of anilines is 1. The second kappa shape index (κ2) is 7.75. The number of carbonyl (C=O) groups is 1. The molecule has 5 heterocycles. The van der Waals surface area contributed by atoms with E-state index in [1.807, 2.05) is 30.3 Å². The summed E-state index contributed by atoms with van der Waals surface area (Å²) >= 11 is 0. The monoisotopic (exact) mass is 459 g/mol. The largest absolute Gasteiger partial charge is 0.461 e. The number of rotatable bonds is 7. The molecule has 11 nitrogen and oxygen atoms in total. The molecule has 6 rings (SSSR count). The summed E-state index contributed by atoms with van der Waals surface area (Å²) in [5.74, 6) is 0.869. The average molecular weight is 459 g/mol. The Morgan fingerprint density at radius 3 is 2.68 bits per heavy atom. The highest BCUT2D eigenvalue weighted by molar-refractivity contribution is 5.93. The van der Waals surface area contributed by atoms with Crippen LogP contribution >= 0.6 is 0 Å². The molecule has 0 radical (unpaired) electrons. The number of hydrogen-bond acceptors (Lipinski definition) is 9. The molecular formula is C23H21N7O4. The number of hydrogen-bond donors (Lipinski definition) is 2. The van der Waals surface area contributed by atoms with Crippen molar-refractivity contribution in [1.82, 2.24) is 29.4 Å². The third-order valence-electron chi connectivity index (χ3n) is 6.04. The van der Waals surface area contributed by atoms with Crippen LogP contribution in [0.4, 0.5) is 5.95 Å². The van der Waals surface area contributed by atoms with Crippen LogP contribution in [0.15, 0.2) is 59.3 Å². The van der Waals surface area contributed by atoms with Crippen molar-refractivity contribution in [3.63, 3.8) is 0 Å². The zero-order chi connectivity index (χ0) is 23.3. The van der Waals surface area contributed by atoms with E-state index in [1.165, 1.54) is 4.52 Å². The van der Waals surface area contributed by atoms with Crippen molar-refractivity contribution in [2.75, 3.05) is 18.9 Å². The fourth-order valence-electron chi connectivity index (χ4n) is 4.20. The van der Waals surface area contributed by atoms with Crippen LogP contribution in [-0.4, -0.2) is 59.1 Å². The highest BCUT2D eigenvalue weighted by Gasteiger charge is 2.37. The van der Waals surface area contributed by atoms with E-state index in [1.54, 1.807) is 29.3 Å². The minimum Gasteiger partial charge on any atom is -0.461 e. The van der Waals surface area contributed by atoms with Gasteiger partial charge < -0.3 is 20.0 Å². The number of carbonyl (C=O) groups excluding carboxylic acids is 1. The van der Waals surface area contributed by atoms with Crippen molar-refractivity contribution in [3.05, 3.63) is 60.5 Å². The van der Waals surface area contributed by atoms with Gasteiger partial charge in [-0.25, -0.2) is 9.67 Å². The van der Waals surface area contributed by atoms with Crippen LogP contribution in [0, 0.1) is 0 Å². The third kappa shape index (κ3) is 3.33. The molecule has 0 bridgehead atoms. The van der Waals surface area contributed by atoms with Crippen molar-refractivity contribution in [3.8, 4) is 11.6 Å². The lowest BCUT2D eigenvalue weighted by Gasteiger charge is -2.36. The highest BCUT2D eigenvalue weighted by atomic mass is 16.5. The number of ketones is 1. The average Bonchev–Trinajstić information content (AvgIpc) is 3.57. The molecule has 34 heavy (non-hydrogen) atoms. The number of aliphatic hydroxyl groups is 1. The van der Waals surface area contributed by atoms with Gasteiger partial charge in [0, 0.05) is 6.42 Å². The standard InChI is InChI=1S/C23H21N7O4/c24-22-27-21-15(20-26-19(28-30(20)22)17-7-4-10-34-17)11-25-29(21)18(14-5-2-1-3-6-14)16(31)8-9-23(32)12-33-13-23/h1-7,10-11,18,32H,8-9,12-13H2,(H2,24,27)/t18-/m0/s1. The third-order valence-corrected chi connectivity index (χ3v) is 6.04. The quantitative estimate of drug-likeness (QED) is 0.373. The molecule has 0 aliphatic carbocycles. The van der Waals surface area contributed by atoms with Crippen LogP contribution < -0.4 is 5.73 Å². The molecular weight excluding hydrogens is 438 g/mol. The molecule has 1 aliphatic heterocycles. The fourth-order valence-corrected chi connectivity index (χ4v) is 4.20. The van der Waals surface area contributed by atoms with Gasteiger partial charge in [0.2, 0.25) is 11.8 Å². The number of nitrogens with two attached hydrogens (primary N) is 1. The van der Waals surface area contributed by atoms with Gasteiger partial charge in [-0.3, -0.25) is 4.79 Å². The molecule has 172 valence electrons. The molecule has 3 N–H and O–H groups in total. The summed E-state index contributed by atoms with van der Waals surface area (Å²) in [5.41, 5.74) is 6.89. The predicted octanol–water partition coefficient (Wildman–Crippen LogP) is 2.02. The SMILES string of the molecule is Nc1nc2c(cnn2[C@H](C(=O)CCC2(O)COC2)c2ccccc2)c2nc(-c3ccco3)nn12. The number of furan rings is 1. The number of Topliss-reactive ketones (excluding diaryl/α,β-unsaturated/α-hetero) is 1. The molecule has 1 atom stereocenters. The van der Waals surface area contributed by atoms with Gasteiger partial charge in [0.25, 0.3) is 0 Å². The van der Waals surface area contributed by atoms with E-state index < -0.39 is 11.6 Å².